The van der Waals surface area contributed by atoms with Crippen molar-refractivity contribution in [3.63, 3.8) is 0 Å². The molecule has 0 spiro atoms. The third-order valence-electron chi connectivity index (χ3n) is 5.50. The normalized spacial score (nSPS) is 17.8. The van der Waals surface area contributed by atoms with Crippen molar-refractivity contribution in [1.29, 1.82) is 0 Å². The van der Waals surface area contributed by atoms with Crippen LogP contribution in [0, 0.1) is 5.92 Å². The molecule has 1 aliphatic heterocycles. The van der Waals surface area contributed by atoms with Crippen LogP contribution in [-0.2, 0) is 11.2 Å². The van der Waals surface area contributed by atoms with Gasteiger partial charge in [0.2, 0.25) is 5.91 Å². The number of likely N-dealkylation sites (N-methyl/N-ethyl adjacent to an activating group) is 1. The van der Waals surface area contributed by atoms with Gasteiger partial charge in [0.15, 0.2) is 5.96 Å². The summed E-state index contributed by atoms with van der Waals surface area (Å²) in [5.74, 6) is 1.11. The molecule has 1 aromatic carbocycles. The predicted molar refractivity (Wildman–Crippen MR) is 137 cm³/mol. The Hall–Kier alpha value is -1.35. The maximum Gasteiger partial charge on any atom is 0.225 e. The first-order chi connectivity index (χ1) is 13.8. The topological polar surface area (TPSA) is 60.0 Å². The Morgan fingerprint density at radius 2 is 1.90 bits per heavy atom. The molecule has 2 unspecified atom stereocenters. The second kappa shape index (κ2) is 13.1. The molecule has 170 valence electrons. The van der Waals surface area contributed by atoms with Crippen molar-refractivity contribution in [1.82, 2.24) is 20.4 Å². The van der Waals surface area contributed by atoms with E-state index in [4.69, 9.17) is 4.99 Å². The molecule has 0 bridgehead atoms. The second-order valence-corrected chi connectivity index (χ2v) is 8.36. The van der Waals surface area contributed by atoms with Crippen LogP contribution in [0.4, 0.5) is 0 Å². The van der Waals surface area contributed by atoms with E-state index in [-0.39, 0.29) is 47.9 Å². The Morgan fingerprint density at radius 3 is 2.43 bits per heavy atom. The van der Waals surface area contributed by atoms with Crippen molar-refractivity contribution < 1.29 is 4.79 Å². The van der Waals surface area contributed by atoms with Gasteiger partial charge in [-0.1, -0.05) is 45.0 Å². The summed E-state index contributed by atoms with van der Waals surface area (Å²) in [6, 6.07) is 9.31. The highest BCUT2D eigenvalue weighted by molar-refractivity contribution is 14.0. The highest BCUT2D eigenvalue weighted by atomic mass is 127. The van der Waals surface area contributed by atoms with Gasteiger partial charge in [0.25, 0.3) is 0 Å². The van der Waals surface area contributed by atoms with Crippen LogP contribution >= 0.6 is 24.0 Å². The minimum absolute atomic E-state index is 0. The number of nitrogens with zero attached hydrogens (tertiary/aromatic N) is 3. The van der Waals surface area contributed by atoms with Crippen LogP contribution in [0.1, 0.15) is 51.3 Å². The van der Waals surface area contributed by atoms with Crippen LogP contribution < -0.4 is 10.6 Å². The molecule has 1 amide bonds. The Balaban J connectivity index is 0.00000450. The third kappa shape index (κ3) is 7.72. The number of carbonyl (C=O) groups excluding carboxylic acids is 1. The maximum atomic E-state index is 12.2. The van der Waals surface area contributed by atoms with Gasteiger partial charge in [-0.15, -0.1) is 24.0 Å². The predicted octanol–water partition coefficient (Wildman–Crippen LogP) is 3.28. The van der Waals surface area contributed by atoms with Gasteiger partial charge in [-0.2, -0.15) is 0 Å². The van der Waals surface area contributed by atoms with E-state index < -0.39 is 0 Å². The van der Waals surface area contributed by atoms with Crippen LogP contribution in [0.5, 0.6) is 0 Å². The van der Waals surface area contributed by atoms with Crippen molar-refractivity contribution in [2.45, 2.75) is 52.6 Å². The van der Waals surface area contributed by atoms with E-state index in [2.05, 4.69) is 67.7 Å². The lowest BCUT2D eigenvalue weighted by Gasteiger charge is -2.25. The van der Waals surface area contributed by atoms with E-state index in [0.717, 1.165) is 38.4 Å². The summed E-state index contributed by atoms with van der Waals surface area (Å²) < 4.78 is 0. The summed E-state index contributed by atoms with van der Waals surface area (Å²) in [5.41, 5.74) is 2.63. The maximum absolute atomic E-state index is 12.2. The lowest BCUT2D eigenvalue weighted by atomic mass is 10.0. The summed E-state index contributed by atoms with van der Waals surface area (Å²) in [4.78, 5) is 21.3. The second-order valence-electron chi connectivity index (χ2n) is 8.36. The number of amides is 1. The monoisotopic (exact) mass is 529 g/mol. The van der Waals surface area contributed by atoms with E-state index in [1.165, 1.54) is 11.1 Å². The van der Waals surface area contributed by atoms with Crippen LogP contribution in [-0.4, -0.2) is 68.0 Å². The summed E-state index contributed by atoms with van der Waals surface area (Å²) in [6.07, 6.45) is 2.01. The summed E-state index contributed by atoms with van der Waals surface area (Å²) in [6.45, 7) is 11.2. The van der Waals surface area contributed by atoms with Crippen molar-refractivity contribution >= 4 is 35.8 Å². The van der Waals surface area contributed by atoms with Gasteiger partial charge in [-0.05, 0) is 45.0 Å². The minimum atomic E-state index is 0. The van der Waals surface area contributed by atoms with Gasteiger partial charge >= 0.3 is 0 Å². The fourth-order valence-corrected chi connectivity index (χ4v) is 3.68. The molecule has 1 aliphatic rings. The molecule has 0 saturated carbocycles. The third-order valence-corrected chi connectivity index (χ3v) is 5.50. The SMILES string of the molecule is CCNC(=NCC(c1ccc(CC)cc1)N(C)C)NC1CCN(C(=O)C(C)C)C1.I. The quantitative estimate of drug-likeness (QED) is 0.309. The number of likely N-dealkylation sites (tertiary alicyclic amines) is 1. The minimum Gasteiger partial charge on any atom is -0.357 e. The van der Waals surface area contributed by atoms with Gasteiger partial charge < -0.3 is 20.4 Å². The number of guanidine groups is 1. The molecule has 2 rings (SSSR count). The number of aryl methyl sites for hydroxylation is 1. The van der Waals surface area contributed by atoms with Gasteiger partial charge in [0.1, 0.15) is 0 Å². The number of carbonyl (C=O) groups is 1. The molecule has 0 aliphatic carbocycles. The molecule has 0 aromatic heterocycles. The fraction of sp³-hybridized carbons (Fsp3) is 0.652. The molecular formula is C23H40IN5O. The lowest BCUT2D eigenvalue weighted by Crippen LogP contribution is -2.45. The van der Waals surface area contributed by atoms with Crippen LogP contribution in [0.2, 0.25) is 0 Å². The number of aliphatic imine (C=N–C) groups is 1. The molecule has 1 aromatic rings. The van der Waals surface area contributed by atoms with Gasteiger partial charge in [-0.25, -0.2) is 0 Å². The Morgan fingerprint density at radius 1 is 1.23 bits per heavy atom. The Bertz CT molecular complexity index is 675. The molecular weight excluding hydrogens is 489 g/mol. The number of hydrogen-bond acceptors (Lipinski definition) is 3. The number of halogens is 1. The zero-order valence-electron chi connectivity index (χ0n) is 19.4. The smallest absolute Gasteiger partial charge is 0.225 e. The largest absolute Gasteiger partial charge is 0.357 e. The molecule has 2 atom stereocenters. The van der Waals surface area contributed by atoms with E-state index >= 15 is 0 Å². The van der Waals surface area contributed by atoms with Crippen LogP contribution in [0.25, 0.3) is 0 Å². The highest BCUT2D eigenvalue weighted by Gasteiger charge is 2.28. The highest BCUT2D eigenvalue weighted by Crippen LogP contribution is 2.20. The summed E-state index contributed by atoms with van der Waals surface area (Å²) in [5, 5.41) is 6.89. The average Bonchev–Trinajstić information content (AvgIpc) is 3.16. The molecule has 6 nitrogen and oxygen atoms in total. The zero-order chi connectivity index (χ0) is 21.4. The standard InChI is InChI=1S/C23H39N5O.HI/c1-7-18-9-11-19(12-10-18)21(27(5)6)15-25-23(24-8-2)26-20-13-14-28(16-20)22(29)17(3)4;/h9-12,17,20-21H,7-8,13-16H2,1-6H3,(H2,24,25,26);1H. The van der Waals surface area contributed by atoms with Crippen molar-refractivity contribution in [2.75, 3.05) is 40.3 Å². The first-order valence-corrected chi connectivity index (χ1v) is 10.9. The molecule has 1 heterocycles. The van der Waals surface area contributed by atoms with E-state index in [0.29, 0.717) is 6.54 Å². The van der Waals surface area contributed by atoms with Crippen LogP contribution in [0.3, 0.4) is 0 Å². The zero-order valence-corrected chi connectivity index (χ0v) is 21.8. The molecule has 7 heteroatoms. The number of hydrogen-bond donors (Lipinski definition) is 2. The first-order valence-electron chi connectivity index (χ1n) is 10.9. The van der Waals surface area contributed by atoms with Crippen molar-refractivity contribution in [3.05, 3.63) is 35.4 Å². The lowest BCUT2D eigenvalue weighted by molar-refractivity contribution is -0.133. The van der Waals surface area contributed by atoms with Gasteiger partial charge in [-0.3, -0.25) is 9.79 Å². The van der Waals surface area contributed by atoms with E-state index in [9.17, 15) is 4.79 Å². The van der Waals surface area contributed by atoms with E-state index in [1.807, 2.05) is 18.7 Å². The molecule has 2 N–H and O–H groups in total. The van der Waals surface area contributed by atoms with Gasteiger partial charge in [0, 0.05) is 31.6 Å². The fourth-order valence-electron chi connectivity index (χ4n) is 3.68. The molecule has 1 saturated heterocycles. The van der Waals surface area contributed by atoms with Crippen molar-refractivity contribution in [2.24, 2.45) is 10.9 Å². The van der Waals surface area contributed by atoms with Crippen LogP contribution in [0.15, 0.2) is 29.3 Å². The molecule has 30 heavy (non-hydrogen) atoms. The Kier molecular flexibility index (Phi) is 11.7. The number of nitrogens with one attached hydrogen (secondary N) is 2. The molecule has 1 fully saturated rings. The molecule has 0 radical (unpaired) electrons. The number of rotatable bonds is 8. The van der Waals surface area contributed by atoms with Crippen molar-refractivity contribution in [3.8, 4) is 0 Å². The van der Waals surface area contributed by atoms with E-state index in [1.54, 1.807) is 0 Å². The average molecular weight is 530 g/mol. The Labute approximate surface area is 199 Å². The summed E-state index contributed by atoms with van der Waals surface area (Å²) in [7, 11) is 4.20. The summed E-state index contributed by atoms with van der Waals surface area (Å²) >= 11 is 0. The number of benzene rings is 1. The van der Waals surface area contributed by atoms with Gasteiger partial charge in [0.05, 0.1) is 12.6 Å². The first kappa shape index (κ1) is 26.7.